The molecule has 0 radical (unpaired) electrons. The number of aromatic nitrogens is 4. The standard InChI is InChI=1S/C27H37N7O/c1-3-4-15-23-29-25(24-20(2)31-34(26(24)30-23)22-13-9-6-10-14-22)32-16-18-33(19-17-32)27(35)28-21-11-7-5-8-12-21/h6,9-10,13-14,21H,3-5,7-8,11-12,15-19H2,1-2H3,(H,28,35). The molecule has 2 aromatic heterocycles. The maximum Gasteiger partial charge on any atom is 0.317 e. The van der Waals surface area contributed by atoms with Gasteiger partial charge >= 0.3 is 6.03 Å². The van der Waals surface area contributed by atoms with Crippen molar-refractivity contribution in [2.45, 2.75) is 71.3 Å². The lowest BCUT2D eigenvalue weighted by atomic mass is 9.96. The normalized spacial score (nSPS) is 17.2. The molecule has 0 unspecified atom stereocenters. The molecule has 35 heavy (non-hydrogen) atoms. The first-order valence-corrected chi connectivity index (χ1v) is 13.3. The number of nitrogens with zero attached hydrogens (tertiary/aromatic N) is 6. The number of urea groups is 1. The number of piperazine rings is 1. The molecule has 1 aliphatic carbocycles. The number of carbonyl (C=O) groups is 1. The summed E-state index contributed by atoms with van der Waals surface area (Å²) in [7, 11) is 0. The number of hydrogen-bond donors (Lipinski definition) is 1. The molecular formula is C27H37N7O. The second-order valence-corrected chi connectivity index (χ2v) is 9.86. The van der Waals surface area contributed by atoms with E-state index in [0.29, 0.717) is 19.1 Å². The van der Waals surface area contributed by atoms with Gasteiger partial charge in [0.1, 0.15) is 11.6 Å². The summed E-state index contributed by atoms with van der Waals surface area (Å²) >= 11 is 0. The van der Waals surface area contributed by atoms with Crippen molar-refractivity contribution in [1.29, 1.82) is 0 Å². The van der Waals surface area contributed by atoms with Crippen molar-refractivity contribution in [3.05, 3.63) is 41.9 Å². The highest BCUT2D eigenvalue weighted by atomic mass is 16.2. The van der Waals surface area contributed by atoms with E-state index in [4.69, 9.17) is 15.1 Å². The van der Waals surface area contributed by atoms with E-state index in [1.54, 1.807) is 0 Å². The Bertz CT molecular complexity index is 1150. The number of nitrogens with one attached hydrogen (secondary N) is 1. The molecule has 0 spiro atoms. The van der Waals surface area contributed by atoms with E-state index in [9.17, 15) is 4.79 Å². The van der Waals surface area contributed by atoms with Crippen LogP contribution in [0.2, 0.25) is 0 Å². The Labute approximate surface area is 207 Å². The van der Waals surface area contributed by atoms with Crippen molar-refractivity contribution in [3.8, 4) is 5.69 Å². The molecule has 0 atom stereocenters. The predicted octanol–water partition coefficient (Wildman–Crippen LogP) is 4.63. The molecule has 2 fully saturated rings. The van der Waals surface area contributed by atoms with Gasteiger partial charge in [0, 0.05) is 38.6 Å². The average Bonchev–Trinajstić information content (AvgIpc) is 3.24. The lowest BCUT2D eigenvalue weighted by Gasteiger charge is -2.36. The van der Waals surface area contributed by atoms with E-state index in [0.717, 1.165) is 79.3 Å². The molecule has 1 N–H and O–H groups in total. The second-order valence-electron chi connectivity index (χ2n) is 9.86. The molecule has 0 bridgehead atoms. The minimum atomic E-state index is 0.0843. The smallest absolute Gasteiger partial charge is 0.317 e. The Morgan fingerprint density at radius 1 is 1.03 bits per heavy atom. The molecule has 3 heterocycles. The predicted molar refractivity (Wildman–Crippen MR) is 139 cm³/mol. The zero-order valence-corrected chi connectivity index (χ0v) is 21.0. The first-order valence-electron chi connectivity index (χ1n) is 13.3. The number of para-hydroxylation sites is 1. The molecule has 2 aliphatic rings. The first-order chi connectivity index (χ1) is 17.1. The average molecular weight is 476 g/mol. The molecular weight excluding hydrogens is 438 g/mol. The fourth-order valence-electron chi connectivity index (χ4n) is 5.26. The number of aryl methyl sites for hydroxylation is 2. The van der Waals surface area contributed by atoms with Gasteiger partial charge in [-0.3, -0.25) is 0 Å². The van der Waals surface area contributed by atoms with Gasteiger partial charge in [0.2, 0.25) is 0 Å². The molecule has 8 heteroatoms. The first kappa shape index (κ1) is 23.6. The van der Waals surface area contributed by atoms with Gasteiger partial charge in [0.15, 0.2) is 5.65 Å². The molecule has 1 saturated carbocycles. The van der Waals surface area contributed by atoms with Crippen molar-refractivity contribution in [1.82, 2.24) is 30.0 Å². The summed E-state index contributed by atoms with van der Waals surface area (Å²) < 4.78 is 1.94. The number of carbonyl (C=O) groups excluding carboxylic acids is 1. The van der Waals surface area contributed by atoms with Crippen LogP contribution in [0.5, 0.6) is 0 Å². The Hall–Kier alpha value is -3.16. The van der Waals surface area contributed by atoms with Gasteiger partial charge in [-0.05, 0) is 38.3 Å². The lowest BCUT2D eigenvalue weighted by molar-refractivity contribution is 0.186. The molecule has 1 saturated heterocycles. The third kappa shape index (κ3) is 5.11. The van der Waals surface area contributed by atoms with Crippen LogP contribution in [-0.2, 0) is 6.42 Å². The maximum absolute atomic E-state index is 12.9. The van der Waals surface area contributed by atoms with Crippen LogP contribution in [0.25, 0.3) is 16.7 Å². The number of anilines is 1. The monoisotopic (exact) mass is 475 g/mol. The molecule has 1 aromatic carbocycles. The van der Waals surface area contributed by atoms with E-state index in [2.05, 4.69) is 29.3 Å². The van der Waals surface area contributed by atoms with Gasteiger partial charge in [-0.1, -0.05) is 50.8 Å². The Morgan fingerprint density at radius 2 is 1.77 bits per heavy atom. The van der Waals surface area contributed by atoms with Crippen molar-refractivity contribution in [3.63, 3.8) is 0 Å². The number of hydrogen-bond acceptors (Lipinski definition) is 5. The summed E-state index contributed by atoms with van der Waals surface area (Å²) in [5.41, 5.74) is 2.79. The van der Waals surface area contributed by atoms with Gasteiger partial charge in [0.05, 0.1) is 16.8 Å². The van der Waals surface area contributed by atoms with E-state index >= 15 is 0 Å². The van der Waals surface area contributed by atoms with Crippen LogP contribution in [0.3, 0.4) is 0 Å². The van der Waals surface area contributed by atoms with E-state index in [1.807, 2.05) is 34.7 Å². The highest BCUT2D eigenvalue weighted by Gasteiger charge is 2.27. The Kier molecular flexibility index (Phi) is 7.16. The minimum absolute atomic E-state index is 0.0843. The second kappa shape index (κ2) is 10.6. The topological polar surface area (TPSA) is 79.2 Å². The van der Waals surface area contributed by atoms with Gasteiger partial charge < -0.3 is 15.1 Å². The van der Waals surface area contributed by atoms with Crippen molar-refractivity contribution < 1.29 is 4.79 Å². The number of rotatable bonds is 6. The molecule has 2 amide bonds. The van der Waals surface area contributed by atoms with Crippen molar-refractivity contribution >= 4 is 22.9 Å². The fourth-order valence-corrected chi connectivity index (χ4v) is 5.26. The van der Waals surface area contributed by atoms with E-state index < -0.39 is 0 Å². The third-order valence-electron chi connectivity index (χ3n) is 7.28. The zero-order valence-electron chi connectivity index (χ0n) is 21.0. The van der Waals surface area contributed by atoms with Crippen LogP contribution in [0.4, 0.5) is 10.6 Å². The summed E-state index contributed by atoms with van der Waals surface area (Å²) in [4.78, 5) is 27.1. The zero-order chi connectivity index (χ0) is 24.2. The molecule has 8 nitrogen and oxygen atoms in total. The Balaban J connectivity index is 1.39. The molecule has 186 valence electrons. The summed E-state index contributed by atoms with van der Waals surface area (Å²) in [5.74, 6) is 1.82. The SMILES string of the molecule is CCCCc1nc(N2CCN(C(=O)NC3CCCCC3)CC2)c2c(C)nn(-c3ccccc3)c2n1. The molecule has 5 rings (SSSR count). The maximum atomic E-state index is 12.9. The molecule has 3 aromatic rings. The van der Waals surface area contributed by atoms with Crippen LogP contribution in [0.1, 0.15) is 63.4 Å². The van der Waals surface area contributed by atoms with Crippen molar-refractivity contribution in [2.24, 2.45) is 0 Å². The Morgan fingerprint density at radius 3 is 2.49 bits per heavy atom. The van der Waals surface area contributed by atoms with E-state index in [-0.39, 0.29) is 6.03 Å². The highest BCUT2D eigenvalue weighted by molar-refractivity contribution is 5.91. The summed E-state index contributed by atoms with van der Waals surface area (Å²) in [6, 6.07) is 10.6. The summed E-state index contributed by atoms with van der Waals surface area (Å²) in [5, 5.41) is 9.13. The number of amides is 2. The largest absolute Gasteiger partial charge is 0.352 e. The van der Waals surface area contributed by atoms with E-state index in [1.165, 1.54) is 19.3 Å². The highest BCUT2D eigenvalue weighted by Crippen LogP contribution is 2.30. The number of unbranched alkanes of at least 4 members (excludes halogenated alkanes) is 1. The van der Waals surface area contributed by atoms with Crippen LogP contribution < -0.4 is 10.2 Å². The molecule has 1 aliphatic heterocycles. The van der Waals surface area contributed by atoms with Crippen LogP contribution in [0.15, 0.2) is 30.3 Å². The number of benzene rings is 1. The van der Waals surface area contributed by atoms with Crippen LogP contribution in [0, 0.1) is 6.92 Å². The van der Waals surface area contributed by atoms with Gasteiger partial charge in [-0.2, -0.15) is 5.10 Å². The lowest BCUT2D eigenvalue weighted by Crippen LogP contribution is -2.54. The van der Waals surface area contributed by atoms with Crippen molar-refractivity contribution in [2.75, 3.05) is 31.1 Å². The van der Waals surface area contributed by atoms with Crippen LogP contribution >= 0.6 is 0 Å². The summed E-state index contributed by atoms with van der Waals surface area (Å²) in [6.07, 6.45) is 8.95. The summed E-state index contributed by atoms with van der Waals surface area (Å²) in [6.45, 7) is 7.13. The minimum Gasteiger partial charge on any atom is -0.352 e. The van der Waals surface area contributed by atoms with Gasteiger partial charge in [0.25, 0.3) is 0 Å². The third-order valence-corrected chi connectivity index (χ3v) is 7.28. The number of fused-ring (bicyclic) bond motifs is 1. The van der Waals surface area contributed by atoms with Gasteiger partial charge in [-0.15, -0.1) is 0 Å². The van der Waals surface area contributed by atoms with Gasteiger partial charge in [-0.25, -0.2) is 19.4 Å². The quantitative estimate of drug-likeness (QED) is 0.562. The van der Waals surface area contributed by atoms with Crippen LogP contribution in [-0.4, -0.2) is 62.9 Å². The fraction of sp³-hybridized carbons (Fsp3) is 0.556.